The Hall–Kier alpha value is -0.880. The van der Waals surface area contributed by atoms with Gasteiger partial charge in [0.25, 0.3) is 5.56 Å². The van der Waals surface area contributed by atoms with Crippen LogP contribution < -0.4 is 10.9 Å². The molecule has 0 aliphatic rings. The fourth-order valence-corrected chi connectivity index (χ4v) is 1.29. The number of rotatable bonds is 5. The van der Waals surface area contributed by atoms with Crippen LogP contribution in [0.1, 0.15) is 6.42 Å². The van der Waals surface area contributed by atoms with E-state index < -0.39 is 0 Å². The number of nitrogens with one attached hydrogen (secondary N) is 2. The standard InChI is InChI=1S/C8H12BrN3O2/c1-14-4-2-3-10-7-6(9)8(13)12-5-11-7/h5H,2-4H2,1H3,(H2,10,11,12,13). The van der Waals surface area contributed by atoms with Gasteiger partial charge >= 0.3 is 0 Å². The summed E-state index contributed by atoms with van der Waals surface area (Å²) in [6.45, 7) is 1.41. The Morgan fingerprint density at radius 1 is 1.71 bits per heavy atom. The molecule has 6 heteroatoms. The highest BCUT2D eigenvalue weighted by Crippen LogP contribution is 2.12. The minimum Gasteiger partial charge on any atom is -0.385 e. The average Bonchev–Trinajstić information content (AvgIpc) is 2.19. The lowest BCUT2D eigenvalue weighted by molar-refractivity contribution is 0.197. The zero-order chi connectivity index (χ0) is 10.4. The molecule has 0 radical (unpaired) electrons. The van der Waals surface area contributed by atoms with E-state index in [2.05, 4.69) is 31.2 Å². The first-order chi connectivity index (χ1) is 6.75. The third-order valence-corrected chi connectivity index (χ3v) is 2.35. The maximum Gasteiger partial charge on any atom is 0.267 e. The Balaban J connectivity index is 2.51. The zero-order valence-electron chi connectivity index (χ0n) is 7.84. The maximum absolute atomic E-state index is 11.1. The highest BCUT2D eigenvalue weighted by atomic mass is 79.9. The zero-order valence-corrected chi connectivity index (χ0v) is 9.43. The Kier molecular flexibility index (Phi) is 4.61. The van der Waals surface area contributed by atoms with Crippen molar-refractivity contribution in [3.63, 3.8) is 0 Å². The quantitative estimate of drug-likeness (QED) is 0.776. The predicted octanol–water partition coefficient (Wildman–Crippen LogP) is 0.981. The molecule has 1 aromatic heterocycles. The number of aromatic nitrogens is 2. The van der Waals surface area contributed by atoms with Gasteiger partial charge in [-0.05, 0) is 22.4 Å². The summed E-state index contributed by atoms with van der Waals surface area (Å²) in [4.78, 5) is 17.6. The van der Waals surface area contributed by atoms with Crippen LogP contribution in [-0.4, -0.2) is 30.2 Å². The average molecular weight is 262 g/mol. The molecule has 1 heterocycles. The van der Waals surface area contributed by atoms with E-state index >= 15 is 0 Å². The molecule has 1 rings (SSSR count). The van der Waals surface area contributed by atoms with E-state index in [0.717, 1.165) is 13.0 Å². The van der Waals surface area contributed by atoms with Crippen LogP contribution in [0.25, 0.3) is 0 Å². The molecule has 0 amide bonds. The fraction of sp³-hybridized carbons (Fsp3) is 0.500. The molecular formula is C8H12BrN3O2. The number of hydrogen-bond donors (Lipinski definition) is 2. The number of aromatic amines is 1. The summed E-state index contributed by atoms with van der Waals surface area (Å²) in [5.41, 5.74) is -0.186. The number of anilines is 1. The lowest BCUT2D eigenvalue weighted by Gasteiger charge is -2.05. The summed E-state index contributed by atoms with van der Waals surface area (Å²) >= 11 is 3.15. The third-order valence-electron chi connectivity index (χ3n) is 1.61. The topological polar surface area (TPSA) is 67.0 Å². The Labute approximate surface area is 90.0 Å². The van der Waals surface area contributed by atoms with Crippen LogP contribution in [0, 0.1) is 0 Å². The fourth-order valence-electron chi connectivity index (χ4n) is 0.930. The Morgan fingerprint density at radius 2 is 2.50 bits per heavy atom. The Morgan fingerprint density at radius 3 is 3.21 bits per heavy atom. The van der Waals surface area contributed by atoms with Crippen molar-refractivity contribution in [3.8, 4) is 0 Å². The molecule has 0 bridgehead atoms. The maximum atomic E-state index is 11.1. The third kappa shape index (κ3) is 3.12. The van der Waals surface area contributed by atoms with Crippen LogP contribution in [0.5, 0.6) is 0 Å². The molecule has 14 heavy (non-hydrogen) atoms. The number of H-pyrrole nitrogens is 1. The summed E-state index contributed by atoms with van der Waals surface area (Å²) in [5, 5.41) is 3.03. The van der Waals surface area contributed by atoms with Gasteiger partial charge < -0.3 is 15.0 Å². The van der Waals surface area contributed by atoms with Crippen molar-refractivity contribution in [1.82, 2.24) is 9.97 Å². The van der Waals surface area contributed by atoms with Gasteiger partial charge in [0.05, 0.1) is 6.33 Å². The van der Waals surface area contributed by atoms with E-state index in [1.54, 1.807) is 7.11 Å². The molecule has 0 spiro atoms. The first-order valence-electron chi connectivity index (χ1n) is 4.21. The first kappa shape index (κ1) is 11.2. The number of ether oxygens (including phenoxy) is 1. The summed E-state index contributed by atoms with van der Waals surface area (Å²) in [7, 11) is 1.65. The summed E-state index contributed by atoms with van der Waals surface area (Å²) in [6.07, 6.45) is 2.24. The monoisotopic (exact) mass is 261 g/mol. The van der Waals surface area contributed by atoms with Crippen LogP contribution in [-0.2, 0) is 4.74 Å². The van der Waals surface area contributed by atoms with Gasteiger partial charge in [0, 0.05) is 20.3 Å². The van der Waals surface area contributed by atoms with Gasteiger partial charge in [0.2, 0.25) is 0 Å². The van der Waals surface area contributed by atoms with Crippen molar-refractivity contribution in [2.75, 3.05) is 25.6 Å². The molecule has 5 nitrogen and oxygen atoms in total. The van der Waals surface area contributed by atoms with E-state index in [1.807, 2.05) is 0 Å². The molecule has 0 aliphatic carbocycles. The number of halogens is 1. The summed E-state index contributed by atoms with van der Waals surface area (Å²) in [6, 6.07) is 0. The van der Waals surface area contributed by atoms with Crippen molar-refractivity contribution in [2.24, 2.45) is 0 Å². The second kappa shape index (κ2) is 5.77. The molecule has 0 unspecified atom stereocenters. The van der Waals surface area contributed by atoms with Gasteiger partial charge in [-0.15, -0.1) is 0 Å². The minimum absolute atomic E-state index is 0.186. The molecule has 0 aliphatic heterocycles. The highest BCUT2D eigenvalue weighted by molar-refractivity contribution is 9.10. The molecule has 0 saturated heterocycles. The van der Waals surface area contributed by atoms with Crippen LogP contribution >= 0.6 is 15.9 Å². The van der Waals surface area contributed by atoms with Crippen molar-refractivity contribution >= 4 is 21.7 Å². The van der Waals surface area contributed by atoms with Gasteiger partial charge in [-0.1, -0.05) is 0 Å². The van der Waals surface area contributed by atoms with Crippen molar-refractivity contribution in [3.05, 3.63) is 21.2 Å². The van der Waals surface area contributed by atoms with E-state index in [4.69, 9.17) is 4.74 Å². The van der Waals surface area contributed by atoms with E-state index in [0.29, 0.717) is 16.9 Å². The molecule has 0 saturated carbocycles. The second-order valence-electron chi connectivity index (χ2n) is 2.67. The second-order valence-corrected chi connectivity index (χ2v) is 3.46. The van der Waals surface area contributed by atoms with Gasteiger partial charge in [0.1, 0.15) is 10.3 Å². The molecule has 78 valence electrons. The van der Waals surface area contributed by atoms with Crippen LogP contribution in [0.3, 0.4) is 0 Å². The number of nitrogens with zero attached hydrogens (tertiary/aromatic N) is 1. The molecule has 2 N–H and O–H groups in total. The normalized spacial score (nSPS) is 10.1. The van der Waals surface area contributed by atoms with Crippen LogP contribution in [0.2, 0.25) is 0 Å². The van der Waals surface area contributed by atoms with E-state index in [-0.39, 0.29) is 5.56 Å². The van der Waals surface area contributed by atoms with Crippen LogP contribution in [0.15, 0.2) is 15.6 Å². The lowest BCUT2D eigenvalue weighted by Crippen LogP contribution is -2.13. The van der Waals surface area contributed by atoms with Gasteiger partial charge in [-0.25, -0.2) is 4.98 Å². The Bertz CT molecular complexity index is 340. The summed E-state index contributed by atoms with van der Waals surface area (Å²) < 4.78 is 5.32. The van der Waals surface area contributed by atoms with Crippen LogP contribution in [0.4, 0.5) is 5.82 Å². The molecular weight excluding hydrogens is 250 g/mol. The van der Waals surface area contributed by atoms with Crippen molar-refractivity contribution in [2.45, 2.75) is 6.42 Å². The largest absolute Gasteiger partial charge is 0.385 e. The van der Waals surface area contributed by atoms with Gasteiger partial charge in [-0.3, -0.25) is 4.79 Å². The highest BCUT2D eigenvalue weighted by Gasteiger charge is 2.03. The SMILES string of the molecule is COCCCNc1nc[nH]c(=O)c1Br. The van der Waals surface area contributed by atoms with Crippen molar-refractivity contribution in [1.29, 1.82) is 0 Å². The number of methoxy groups -OCH3 is 1. The molecule has 0 aromatic carbocycles. The van der Waals surface area contributed by atoms with Crippen molar-refractivity contribution < 1.29 is 4.74 Å². The van der Waals surface area contributed by atoms with E-state index in [1.165, 1.54) is 6.33 Å². The molecule has 1 aromatic rings. The number of hydrogen-bond acceptors (Lipinski definition) is 4. The smallest absolute Gasteiger partial charge is 0.267 e. The van der Waals surface area contributed by atoms with Gasteiger partial charge in [-0.2, -0.15) is 0 Å². The van der Waals surface area contributed by atoms with Gasteiger partial charge in [0.15, 0.2) is 0 Å². The molecule has 0 fully saturated rings. The summed E-state index contributed by atoms with van der Waals surface area (Å²) in [5.74, 6) is 0.560. The molecule has 0 atom stereocenters. The minimum atomic E-state index is -0.186. The lowest BCUT2D eigenvalue weighted by atomic mass is 10.4. The predicted molar refractivity (Wildman–Crippen MR) is 57.5 cm³/mol. The van der Waals surface area contributed by atoms with E-state index in [9.17, 15) is 4.79 Å². The first-order valence-corrected chi connectivity index (χ1v) is 5.01.